The molecule has 0 aliphatic heterocycles. The number of fused-ring (bicyclic) bond motifs is 2. The molecule has 1 aromatic carbocycles. The van der Waals surface area contributed by atoms with E-state index in [4.69, 9.17) is 0 Å². The molecule has 0 N–H and O–H groups in total. The maximum atomic E-state index is 14.3. The molecule has 0 spiro atoms. The summed E-state index contributed by atoms with van der Waals surface area (Å²) >= 11 is 0. The molecule has 5 unspecified atom stereocenters. The van der Waals surface area contributed by atoms with Gasteiger partial charge in [0.05, 0.1) is 0 Å². The van der Waals surface area contributed by atoms with Crippen LogP contribution in [0.5, 0.6) is 0 Å². The van der Waals surface area contributed by atoms with Gasteiger partial charge in [0, 0.05) is 0 Å². The van der Waals surface area contributed by atoms with Gasteiger partial charge in [-0.15, -0.1) is 0 Å². The number of rotatable bonds is 4. The van der Waals surface area contributed by atoms with Gasteiger partial charge in [-0.25, -0.2) is 13.2 Å². The van der Waals surface area contributed by atoms with Gasteiger partial charge in [-0.2, -0.15) is 0 Å². The molecular weight excluding hydrogens is 345 g/mol. The second-order valence-corrected chi connectivity index (χ2v) is 9.54. The van der Waals surface area contributed by atoms with Gasteiger partial charge in [0.15, 0.2) is 17.5 Å². The van der Waals surface area contributed by atoms with Crippen molar-refractivity contribution in [1.82, 2.24) is 0 Å². The van der Waals surface area contributed by atoms with E-state index in [0.29, 0.717) is 35.8 Å². The molecule has 1 aromatic rings. The Kier molecular flexibility index (Phi) is 5.85. The molecule has 5 atom stereocenters. The zero-order valence-electron chi connectivity index (χ0n) is 16.6. The van der Waals surface area contributed by atoms with Gasteiger partial charge in [-0.05, 0) is 98.1 Å². The van der Waals surface area contributed by atoms with Crippen LogP contribution in [0.4, 0.5) is 13.2 Å². The molecule has 4 rings (SSSR count). The third-order valence-electron chi connectivity index (χ3n) is 8.00. The van der Waals surface area contributed by atoms with Crippen molar-refractivity contribution in [2.75, 3.05) is 0 Å². The summed E-state index contributed by atoms with van der Waals surface area (Å²) in [6, 6.07) is 1.22. The molecular formula is C24H33F3. The average molecular weight is 379 g/mol. The molecule has 0 aromatic heterocycles. The van der Waals surface area contributed by atoms with E-state index in [-0.39, 0.29) is 0 Å². The van der Waals surface area contributed by atoms with E-state index < -0.39 is 17.5 Å². The lowest BCUT2D eigenvalue weighted by Crippen LogP contribution is -2.35. The molecule has 0 amide bonds. The summed E-state index contributed by atoms with van der Waals surface area (Å²) in [6.07, 6.45) is 14.4. The molecule has 0 saturated heterocycles. The molecule has 2 saturated carbocycles. The van der Waals surface area contributed by atoms with E-state index in [1.807, 2.05) is 0 Å². The van der Waals surface area contributed by atoms with E-state index in [1.165, 1.54) is 63.9 Å². The second-order valence-electron chi connectivity index (χ2n) is 9.54. The van der Waals surface area contributed by atoms with Crippen LogP contribution in [0, 0.1) is 47.0 Å². The summed E-state index contributed by atoms with van der Waals surface area (Å²) in [6.45, 7) is 2.28. The van der Waals surface area contributed by atoms with Crippen molar-refractivity contribution in [3.63, 3.8) is 0 Å². The van der Waals surface area contributed by atoms with Gasteiger partial charge in [0.1, 0.15) is 0 Å². The lowest BCUT2D eigenvalue weighted by molar-refractivity contribution is 0.0687. The van der Waals surface area contributed by atoms with Crippen LogP contribution < -0.4 is 0 Å². The molecule has 3 aliphatic carbocycles. The van der Waals surface area contributed by atoms with Gasteiger partial charge >= 0.3 is 0 Å². The van der Waals surface area contributed by atoms with E-state index >= 15 is 0 Å². The topological polar surface area (TPSA) is 0 Å². The monoisotopic (exact) mass is 378 g/mol. The fourth-order valence-electron chi connectivity index (χ4n) is 6.44. The number of benzene rings is 1. The van der Waals surface area contributed by atoms with Gasteiger partial charge < -0.3 is 0 Å². The van der Waals surface area contributed by atoms with E-state index in [1.54, 1.807) is 0 Å². The first kappa shape index (κ1) is 19.3. The lowest BCUT2D eigenvalue weighted by atomic mass is 9.61. The van der Waals surface area contributed by atoms with Crippen molar-refractivity contribution < 1.29 is 13.2 Å². The Balaban J connectivity index is 1.39. The SMILES string of the molecule is CCCCC1CCC2CC(C3CCc4cc(F)c(F)c(F)c4C3)CCC2C1. The Morgan fingerprint density at radius 3 is 2.33 bits per heavy atom. The minimum absolute atomic E-state index is 0.440. The molecule has 3 aliphatic rings. The summed E-state index contributed by atoms with van der Waals surface area (Å²) in [7, 11) is 0. The van der Waals surface area contributed by atoms with Crippen LogP contribution in [-0.2, 0) is 12.8 Å². The maximum Gasteiger partial charge on any atom is 0.194 e. The molecule has 2 fully saturated rings. The Morgan fingerprint density at radius 2 is 1.56 bits per heavy atom. The minimum atomic E-state index is -1.29. The van der Waals surface area contributed by atoms with Crippen molar-refractivity contribution in [1.29, 1.82) is 0 Å². The van der Waals surface area contributed by atoms with Crippen molar-refractivity contribution in [3.05, 3.63) is 34.6 Å². The fraction of sp³-hybridized carbons (Fsp3) is 0.750. The molecule has 3 heteroatoms. The number of hydrogen-bond acceptors (Lipinski definition) is 0. The molecule has 0 radical (unpaired) electrons. The van der Waals surface area contributed by atoms with Crippen molar-refractivity contribution in [2.45, 2.75) is 84.0 Å². The van der Waals surface area contributed by atoms with E-state index in [0.717, 1.165) is 24.2 Å². The highest BCUT2D eigenvalue weighted by atomic mass is 19.2. The van der Waals surface area contributed by atoms with Crippen molar-refractivity contribution >= 4 is 0 Å². The van der Waals surface area contributed by atoms with Crippen molar-refractivity contribution in [3.8, 4) is 0 Å². The van der Waals surface area contributed by atoms with Gasteiger partial charge in [0.25, 0.3) is 0 Å². The number of halogens is 3. The largest absolute Gasteiger partial charge is 0.204 e. The molecule has 27 heavy (non-hydrogen) atoms. The van der Waals surface area contributed by atoms with Gasteiger partial charge in [0.2, 0.25) is 0 Å². The summed E-state index contributed by atoms with van der Waals surface area (Å²) in [4.78, 5) is 0. The first-order chi connectivity index (χ1) is 13.1. The quantitative estimate of drug-likeness (QED) is 0.485. The van der Waals surface area contributed by atoms with Gasteiger partial charge in [-0.3, -0.25) is 0 Å². The predicted molar refractivity (Wildman–Crippen MR) is 103 cm³/mol. The molecule has 150 valence electrons. The molecule has 0 nitrogen and oxygen atoms in total. The summed E-state index contributed by atoms with van der Waals surface area (Å²) < 4.78 is 41.5. The van der Waals surface area contributed by atoms with Crippen molar-refractivity contribution in [2.24, 2.45) is 29.6 Å². The third kappa shape index (κ3) is 3.93. The highest BCUT2D eigenvalue weighted by Gasteiger charge is 2.39. The average Bonchev–Trinajstić information content (AvgIpc) is 2.70. The third-order valence-corrected chi connectivity index (χ3v) is 8.00. The zero-order valence-corrected chi connectivity index (χ0v) is 16.6. The Bertz CT molecular complexity index is 668. The van der Waals surface area contributed by atoms with Gasteiger partial charge in [-0.1, -0.05) is 32.6 Å². The highest BCUT2D eigenvalue weighted by Crippen LogP contribution is 2.49. The fourth-order valence-corrected chi connectivity index (χ4v) is 6.44. The second kappa shape index (κ2) is 8.17. The summed E-state index contributed by atoms with van der Waals surface area (Å²) in [5.41, 5.74) is 1.14. The zero-order chi connectivity index (χ0) is 19.0. The summed E-state index contributed by atoms with van der Waals surface area (Å²) in [5, 5.41) is 0. The Morgan fingerprint density at radius 1 is 0.852 bits per heavy atom. The smallest absolute Gasteiger partial charge is 0.194 e. The van der Waals surface area contributed by atoms with Crippen LogP contribution in [-0.4, -0.2) is 0 Å². The van der Waals surface area contributed by atoms with E-state index in [9.17, 15) is 13.2 Å². The number of aryl methyl sites for hydroxylation is 1. The number of unbranched alkanes of at least 4 members (excludes halogenated alkanes) is 1. The normalized spacial score (nSPS) is 33.4. The first-order valence-corrected chi connectivity index (χ1v) is 11.2. The Labute approximate surface area is 161 Å². The minimum Gasteiger partial charge on any atom is -0.204 e. The van der Waals surface area contributed by atoms with E-state index in [2.05, 4.69) is 6.92 Å². The van der Waals surface area contributed by atoms with Crippen LogP contribution in [0.25, 0.3) is 0 Å². The van der Waals surface area contributed by atoms with Crippen LogP contribution in [0.3, 0.4) is 0 Å². The molecule has 0 heterocycles. The van der Waals surface area contributed by atoms with Crippen LogP contribution >= 0.6 is 0 Å². The van der Waals surface area contributed by atoms with Crippen LogP contribution in [0.1, 0.15) is 82.3 Å². The molecule has 0 bridgehead atoms. The first-order valence-electron chi connectivity index (χ1n) is 11.2. The van der Waals surface area contributed by atoms with Crippen LogP contribution in [0.15, 0.2) is 6.07 Å². The summed E-state index contributed by atoms with van der Waals surface area (Å²) in [5.74, 6) is 0.508. The Hall–Kier alpha value is -0.990. The van der Waals surface area contributed by atoms with Crippen LogP contribution in [0.2, 0.25) is 0 Å². The predicted octanol–water partition coefficient (Wildman–Crippen LogP) is 7.23. The lowest BCUT2D eigenvalue weighted by Gasteiger charge is -2.45. The number of hydrogen-bond donors (Lipinski definition) is 0. The maximum absolute atomic E-state index is 14.3. The highest BCUT2D eigenvalue weighted by molar-refractivity contribution is 5.33. The standard InChI is InChI=1S/C24H33F3/c1-2-3-4-15-5-6-17-12-18(8-7-16(17)11-15)19-9-10-20-14-22(25)24(27)23(26)21(20)13-19/h14-19H,2-13H2,1H3.